The van der Waals surface area contributed by atoms with Crippen LogP contribution in [0.4, 0.5) is 4.39 Å². The number of fused-ring (bicyclic) bond motifs is 1. The first kappa shape index (κ1) is 11.9. The van der Waals surface area contributed by atoms with E-state index in [2.05, 4.69) is 9.88 Å². The predicted molar refractivity (Wildman–Crippen MR) is 66.9 cm³/mol. The van der Waals surface area contributed by atoms with E-state index in [0.29, 0.717) is 11.1 Å². The minimum atomic E-state index is -0.379. The molecule has 0 aliphatic heterocycles. The van der Waals surface area contributed by atoms with Crippen LogP contribution in [0, 0.1) is 12.7 Å². The molecule has 0 fully saturated rings. The monoisotopic (exact) mass is 236 g/mol. The smallest absolute Gasteiger partial charge is 0.131 e. The third-order valence-corrected chi connectivity index (χ3v) is 3.04. The molecule has 0 saturated heterocycles. The van der Waals surface area contributed by atoms with Crippen molar-refractivity contribution in [2.45, 2.75) is 13.3 Å². The summed E-state index contributed by atoms with van der Waals surface area (Å²) in [5.41, 5.74) is 2.26. The van der Waals surface area contributed by atoms with Gasteiger partial charge in [0.15, 0.2) is 0 Å². The maximum Gasteiger partial charge on any atom is 0.131 e. The second-order valence-electron chi connectivity index (χ2n) is 4.62. The number of nitrogens with one attached hydrogen (secondary N) is 1. The summed E-state index contributed by atoms with van der Waals surface area (Å²) in [6.45, 7) is 2.60. The normalized spacial score (nSPS) is 11.6. The number of hydrogen-bond acceptors (Lipinski definition) is 2. The number of halogens is 1. The highest BCUT2D eigenvalue weighted by Gasteiger charge is 2.13. The van der Waals surface area contributed by atoms with Gasteiger partial charge in [-0.1, -0.05) is 0 Å². The number of H-pyrrole nitrogens is 1. The van der Waals surface area contributed by atoms with Crippen LogP contribution in [0.15, 0.2) is 12.3 Å². The van der Waals surface area contributed by atoms with E-state index < -0.39 is 0 Å². The molecule has 2 N–H and O–H groups in total. The van der Waals surface area contributed by atoms with Crippen molar-refractivity contribution < 1.29 is 9.50 Å². The Morgan fingerprint density at radius 2 is 2.12 bits per heavy atom. The summed E-state index contributed by atoms with van der Waals surface area (Å²) in [5, 5.41) is 10.6. The molecule has 1 aromatic carbocycles. The Hall–Kier alpha value is -1.55. The maximum absolute atomic E-state index is 13.4. The molecule has 0 unspecified atom stereocenters. The van der Waals surface area contributed by atoms with E-state index in [-0.39, 0.29) is 11.6 Å². The van der Waals surface area contributed by atoms with Crippen molar-refractivity contribution in [2.24, 2.45) is 0 Å². The van der Waals surface area contributed by atoms with E-state index in [4.69, 9.17) is 0 Å². The second kappa shape index (κ2) is 4.37. The van der Waals surface area contributed by atoms with Gasteiger partial charge >= 0.3 is 0 Å². The molecule has 0 aliphatic rings. The zero-order valence-electron chi connectivity index (χ0n) is 10.3. The lowest BCUT2D eigenvalue weighted by Crippen LogP contribution is -2.14. The van der Waals surface area contributed by atoms with Crippen LogP contribution in [-0.2, 0) is 6.42 Å². The Morgan fingerprint density at radius 3 is 2.76 bits per heavy atom. The van der Waals surface area contributed by atoms with Crippen LogP contribution >= 0.6 is 0 Å². The topological polar surface area (TPSA) is 39.3 Å². The van der Waals surface area contributed by atoms with E-state index in [0.717, 1.165) is 23.9 Å². The fourth-order valence-electron chi connectivity index (χ4n) is 2.01. The van der Waals surface area contributed by atoms with Gasteiger partial charge in [-0.25, -0.2) is 4.39 Å². The molecule has 2 aromatic rings. The molecule has 92 valence electrons. The molecule has 4 heteroatoms. The van der Waals surface area contributed by atoms with Gasteiger partial charge in [0.2, 0.25) is 0 Å². The Labute approximate surface area is 99.9 Å². The third kappa shape index (κ3) is 2.13. The molecular weight excluding hydrogens is 219 g/mol. The number of phenols is 1. The number of hydrogen-bond donors (Lipinski definition) is 2. The molecule has 0 spiro atoms. The fourth-order valence-corrected chi connectivity index (χ4v) is 2.01. The van der Waals surface area contributed by atoms with E-state index in [1.165, 1.54) is 6.07 Å². The second-order valence-corrected chi connectivity index (χ2v) is 4.62. The van der Waals surface area contributed by atoms with Gasteiger partial charge in [0.1, 0.15) is 11.6 Å². The molecule has 0 saturated carbocycles. The lowest BCUT2D eigenvalue weighted by molar-refractivity contribution is 0.414. The molecule has 0 atom stereocenters. The van der Waals surface area contributed by atoms with Crippen molar-refractivity contribution in [1.82, 2.24) is 9.88 Å². The molecule has 1 aromatic heterocycles. The van der Waals surface area contributed by atoms with E-state index in [9.17, 15) is 9.50 Å². The van der Waals surface area contributed by atoms with Crippen LogP contribution in [0.1, 0.15) is 11.1 Å². The Bertz CT molecular complexity index is 546. The highest BCUT2D eigenvalue weighted by Crippen LogP contribution is 2.32. The quantitative estimate of drug-likeness (QED) is 0.859. The Kier molecular flexibility index (Phi) is 3.07. The highest BCUT2D eigenvalue weighted by atomic mass is 19.1. The van der Waals surface area contributed by atoms with Crippen molar-refractivity contribution in [3.05, 3.63) is 29.2 Å². The molecule has 1 heterocycles. The third-order valence-electron chi connectivity index (χ3n) is 3.04. The number of aromatic nitrogens is 1. The number of nitrogens with zero attached hydrogens (tertiary/aromatic N) is 1. The predicted octanol–water partition coefficient (Wildman–Crippen LogP) is 2.43. The first-order chi connectivity index (χ1) is 8.00. The Morgan fingerprint density at radius 1 is 1.41 bits per heavy atom. The number of aryl methyl sites for hydroxylation is 1. The van der Waals surface area contributed by atoms with E-state index in [1.54, 1.807) is 6.92 Å². The standard InChI is InChI=1S/C13H17FN2O/c1-8-10(14)6-11(17)12-9(4-5-16(2)3)7-15-13(8)12/h6-7,15,17H,4-5H2,1-3H3. The minimum absolute atomic E-state index is 0.0121. The van der Waals surface area contributed by atoms with Crippen molar-refractivity contribution in [3.8, 4) is 5.75 Å². The summed E-state index contributed by atoms with van der Waals surface area (Å²) in [4.78, 5) is 5.12. The highest BCUT2D eigenvalue weighted by molar-refractivity contribution is 5.91. The lowest BCUT2D eigenvalue weighted by atomic mass is 10.1. The summed E-state index contributed by atoms with van der Waals surface area (Å²) < 4.78 is 13.4. The minimum Gasteiger partial charge on any atom is -0.507 e. The molecule has 0 aliphatic carbocycles. The van der Waals surface area contributed by atoms with Gasteiger partial charge < -0.3 is 15.0 Å². The van der Waals surface area contributed by atoms with Gasteiger partial charge in [-0.15, -0.1) is 0 Å². The van der Waals surface area contributed by atoms with Gasteiger partial charge in [-0.3, -0.25) is 0 Å². The van der Waals surface area contributed by atoms with Crippen LogP contribution in [0.5, 0.6) is 5.75 Å². The van der Waals surface area contributed by atoms with Gasteiger partial charge in [0.05, 0.1) is 5.52 Å². The number of aromatic amines is 1. The molecule has 17 heavy (non-hydrogen) atoms. The number of phenolic OH excluding ortho intramolecular Hbond substituents is 1. The molecule has 0 bridgehead atoms. The van der Waals surface area contributed by atoms with Crippen molar-refractivity contribution in [1.29, 1.82) is 0 Å². The maximum atomic E-state index is 13.4. The average molecular weight is 236 g/mol. The Balaban J connectivity index is 2.49. The number of benzene rings is 1. The van der Waals surface area contributed by atoms with E-state index >= 15 is 0 Å². The van der Waals surface area contributed by atoms with Gasteiger partial charge in [-0.05, 0) is 33.0 Å². The first-order valence-corrected chi connectivity index (χ1v) is 5.63. The zero-order valence-corrected chi connectivity index (χ0v) is 10.3. The average Bonchev–Trinajstić information content (AvgIpc) is 2.67. The lowest BCUT2D eigenvalue weighted by Gasteiger charge is -2.09. The van der Waals surface area contributed by atoms with Crippen LogP contribution in [-0.4, -0.2) is 35.6 Å². The number of likely N-dealkylation sites (N-methyl/N-ethyl adjacent to an activating group) is 1. The molecule has 2 rings (SSSR count). The summed E-state index contributed by atoms with van der Waals surface area (Å²) in [6.07, 6.45) is 2.67. The summed E-state index contributed by atoms with van der Waals surface area (Å²) in [6, 6.07) is 1.19. The first-order valence-electron chi connectivity index (χ1n) is 5.63. The molecule has 0 radical (unpaired) electrons. The van der Waals surface area contributed by atoms with Gasteiger partial charge in [0, 0.05) is 29.8 Å². The van der Waals surface area contributed by atoms with Gasteiger partial charge in [-0.2, -0.15) is 0 Å². The zero-order chi connectivity index (χ0) is 12.6. The number of rotatable bonds is 3. The van der Waals surface area contributed by atoms with Gasteiger partial charge in [0.25, 0.3) is 0 Å². The van der Waals surface area contributed by atoms with Crippen molar-refractivity contribution >= 4 is 10.9 Å². The van der Waals surface area contributed by atoms with Crippen LogP contribution in [0.3, 0.4) is 0 Å². The summed E-state index contributed by atoms with van der Waals surface area (Å²) >= 11 is 0. The van der Waals surface area contributed by atoms with Crippen molar-refractivity contribution in [2.75, 3.05) is 20.6 Å². The SMILES string of the molecule is Cc1c(F)cc(O)c2c(CCN(C)C)c[nH]c12. The van der Waals surface area contributed by atoms with Crippen LogP contribution in [0.2, 0.25) is 0 Å². The molecule has 0 amide bonds. The van der Waals surface area contributed by atoms with Crippen LogP contribution in [0.25, 0.3) is 10.9 Å². The van der Waals surface area contributed by atoms with E-state index in [1.807, 2.05) is 20.3 Å². The fraction of sp³-hybridized carbons (Fsp3) is 0.385. The number of aromatic hydroxyl groups is 1. The van der Waals surface area contributed by atoms with Crippen molar-refractivity contribution in [3.63, 3.8) is 0 Å². The molecular formula is C13H17FN2O. The molecule has 3 nitrogen and oxygen atoms in total. The summed E-state index contributed by atoms with van der Waals surface area (Å²) in [7, 11) is 4.00. The summed E-state index contributed by atoms with van der Waals surface area (Å²) in [5.74, 6) is -0.367. The van der Waals surface area contributed by atoms with Crippen LogP contribution < -0.4 is 0 Å². The largest absolute Gasteiger partial charge is 0.507 e.